The quantitative estimate of drug-likeness (QED) is 0.328. The van der Waals surface area contributed by atoms with E-state index in [9.17, 15) is 9.59 Å². The van der Waals surface area contributed by atoms with E-state index in [1.807, 2.05) is 84.9 Å². The molecule has 0 saturated heterocycles. The van der Waals surface area contributed by atoms with Gasteiger partial charge < -0.3 is 5.73 Å². The number of nitrogens with two attached hydrogens (primary N) is 1. The van der Waals surface area contributed by atoms with Gasteiger partial charge in [0.2, 0.25) is 0 Å². The van der Waals surface area contributed by atoms with Gasteiger partial charge in [-0.1, -0.05) is 91.0 Å². The Morgan fingerprint density at radius 1 is 0.714 bits per heavy atom. The lowest BCUT2D eigenvalue weighted by Gasteiger charge is -2.17. The van der Waals surface area contributed by atoms with Gasteiger partial charge in [0.25, 0.3) is 0 Å². The van der Waals surface area contributed by atoms with Gasteiger partial charge in [-0.05, 0) is 48.1 Å². The van der Waals surface area contributed by atoms with Crippen LogP contribution in [0.2, 0.25) is 0 Å². The van der Waals surface area contributed by atoms with Gasteiger partial charge in [-0.15, -0.1) is 0 Å². The summed E-state index contributed by atoms with van der Waals surface area (Å²) in [5.41, 5.74) is 12.4. The van der Waals surface area contributed by atoms with E-state index >= 15 is 0 Å². The van der Waals surface area contributed by atoms with E-state index in [1.54, 1.807) is 6.20 Å². The summed E-state index contributed by atoms with van der Waals surface area (Å²) in [6, 6.07) is 31.5. The molecule has 0 radical (unpaired) electrons. The van der Waals surface area contributed by atoms with Crippen LogP contribution in [0, 0.1) is 5.92 Å². The smallest absolute Gasteiger partial charge is 0.150 e. The number of aromatic nitrogens is 1. The number of Topliss-reactive ketones (excluding diaryl/α,β-unsaturated/α-hetero) is 2. The van der Waals surface area contributed by atoms with E-state index in [-0.39, 0.29) is 18.0 Å². The number of nitrogens with zero attached hydrogens (tertiary/aromatic N) is 1. The predicted molar refractivity (Wildman–Crippen MR) is 141 cm³/mol. The molecule has 3 aromatic carbocycles. The van der Waals surface area contributed by atoms with Crippen LogP contribution in [0.15, 0.2) is 103 Å². The van der Waals surface area contributed by atoms with Gasteiger partial charge in [0, 0.05) is 24.1 Å². The van der Waals surface area contributed by atoms with Crippen LogP contribution in [0.25, 0.3) is 22.4 Å². The summed E-state index contributed by atoms with van der Waals surface area (Å²) in [6.45, 7) is 1.54. The van der Waals surface area contributed by atoms with E-state index in [2.05, 4.69) is 17.1 Å². The highest BCUT2D eigenvalue weighted by molar-refractivity contribution is 5.90. The number of ketones is 2. The Balaban J connectivity index is 1.35. The fourth-order valence-electron chi connectivity index (χ4n) is 4.19. The normalized spacial score (nSPS) is 12.6. The molecule has 0 bridgehead atoms. The molecule has 176 valence electrons. The summed E-state index contributed by atoms with van der Waals surface area (Å²) in [6.07, 6.45) is 2.85. The van der Waals surface area contributed by atoms with Crippen molar-refractivity contribution in [3.63, 3.8) is 0 Å². The average Bonchev–Trinajstić information content (AvgIpc) is 2.90. The Hall–Kier alpha value is -3.89. The summed E-state index contributed by atoms with van der Waals surface area (Å²) in [4.78, 5) is 29.7. The molecule has 1 heterocycles. The summed E-state index contributed by atoms with van der Waals surface area (Å²) in [5, 5.41) is 0. The van der Waals surface area contributed by atoms with Crippen molar-refractivity contribution in [2.45, 2.75) is 32.2 Å². The third-order valence-corrected chi connectivity index (χ3v) is 6.33. The first-order valence-electron chi connectivity index (χ1n) is 11.9. The largest absolute Gasteiger partial charge is 0.321 e. The molecule has 0 aliphatic heterocycles. The van der Waals surface area contributed by atoms with Gasteiger partial charge in [0.05, 0.1) is 11.7 Å². The van der Waals surface area contributed by atoms with Crippen LogP contribution in [0.1, 0.15) is 24.5 Å². The molecule has 4 heteroatoms. The number of hydrogen-bond acceptors (Lipinski definition) is 4. The molecule has 4 nitrogen and oxygen atoms in total. The minimum absolute atomic E-state index is 0.00935. The Morgan fingerprint density at radius 3 is 1.86 bits per heavy atom. The van der Waals surface area contributed by atoms with Crippen LogP contribution in [0.5, 0.6) is 0 Å². The highest BCUT2D eigenvalue weighted by atomic mass is 16.1. The van der Waals surface area contributed by atoms with Crippen molar-refractivity contribution in [3.05, 3.63) is 114 Å². The number of rotatable bonds is 10. The fourth-order valence-corrected chi connectivity index (χ4v) is 4.19. The molecule has 0 fully saturated rings. The van der Waals surface area contributed by atoms with E-state index in [1.165, 1.54) is 6.92 Å². The van der Waals surface area contributed by atoms with Crippen LogP contribution >= 0.6 is 0 Å². The Kier molecular flexibility index (Phi) is 7.96. The first-order chi connectivity index (χ1) is 17.0. The lowest BCUT2D eigenvalue weighted by atomic mass is 9.88. The molecule has 1 aromatic heterocycles. The summed E-state index contributed by atoms with van der Waals surface area (Å²) >= 11 is 0. The van der Waals surface area contributed by atoms with Gasteiger partial charge in [0.1, 0.15) is 5.78 Å². The SMILES string of the molecule is CC(=O)[C@@H](CC(=O)[C@@H](N)Cc1ccc(-c2ccccc2)cc1)Cc1ccc(-c2ccccc2)nc1. The minimum atomic E-state index is -0.641. The molecule has 0 aliphatic carbocycles. The first kappa shape index (κ1) is 24.2. The minimum Gasteiger partial charge on any atom is -0.321 e. The molecule has 4 rings (SSSR count). The first-order valence-corrected chi connectivity index (χ1v) is 11.9. The Morgan fingerprint density at radius 2 is 1.29 bits per heavy atom. The lowest BCUT2D eigenvalue weighted by molar-refractivity contribution is -0.127. The van der Waals surface area contributed by atoms with Gasteiger partial charge >= 0.3 is 0 Å². The highest BCUT2D eigenvalue weighted by Gasteiger charge is 2.23. The van der Waals surface area contributed by atoms with Crippen LogP contribution in [0.3, 0.4) is 0 Å². The summed E-state index contributed by atoms with van der Waals surface area (Å²) < 4.78 is 0. The van der Waals surface area contributed by atoms with E-state index < -0.39 is 12.0 Å². The molecule has 0 saturated carbocycles. The topological polar surface area (TPSA) is 73.0 Å². The zero-order valence-electron chi connectivity index (χ0n) is 19.9. The molecule has 0 unspecified atom stereocenters. The van der Waals surface area contributed by atoms with Crippen molar-refractivity contribution in [1.29, 1.82) is 0 Å². The third kappa shape index (κ3) is 6.58. The molecule has 0 aliphatic rings. The molecule has 4 aromatic rings. The van der Waals surface area contributed by atoms with Gasteiger partial charge in [-0.25, -0.2) is 0 Å². The van der Waals surface area contributed by atoms with E-state index in [4.69, 9.17) is 5.73 Å². The van der Waals surface area contributed by atoms with Gasteiger partial charge in [0.15, 0.2) is 5.78 Å². The predicted octanol–water partition coefficient (Wildman–Crippen LogP) is 5.69. The van der Waals surface area contributed by atoms with Gasteiger partial charge in [-0.2, -0.15) is 0 Å². The van der Waals surface area contributed by atoms with Crippen molar-refractivity contribution >= 4 is 11.6 Å². The summed E-state index contributed by atoms with van der Waals surface area (Å²) in [7, 11) is 0. The zero-order chi connectivity index (χ0) is 24.6. The number of carbonyl (C=O) groups excluding carboxylic acids is 2. The number of hydrogen-bond donors (Lipinski definition) is 1. The molecule has 0 spiro atoms. The van der Waals surface area contributed by atoms with Crippen LogP contribution in [-0.2, 0) is 22.4 Å². The van der Waals surface area contributed by atoms with Crippen LogP contribution in [0.4, 0.5) is 0 Å². The molecule has 2 atom stereocenters. The number of pyridine rings is 1. The second-order valence-corrected chi connectivity index (χ2v) is 8.97. The van der Waals surface area contributed by atoms with Gasteiger partial charge in [-0.3, -0.25) is 14.6 Å². The molecule has 2 N–H and O–H groups in total. The van der Waals surface area contributed by atoms with E-state index in [0.29, 0.717) is 12.8 Å². The maximum Gasteiger partial charge on any atom is 0.150 e. The lowest BCUT2D eigenvalue weighted by Crippen LogP contribution is -2.35. The van der Waals surface area contributed by atoms with Crippen molar-refractivity contribution in [1.82, 2.24) is 4.98 Å². The maximum absolute atomic E-state index is 12.9. The standard InChI is InChI=1S/C31H30N2O2/c1-22(34)28(18-24-14-17-30(33-21-24)27-10-6-3-7-11-27)20-31(35)29(32)19-23-12-15-26(16-13-23)25-8-4-2-5-9-25/h2-17,21,28-29H,18-20,32H2,1H3/t28-,29+/m1/s1. The Bertz CT molecular complexity index is 1250. The fraction of sp³-hybridized carbons (Fsp3) is 0.194. The number of carbonyl (C=O) groups is 2. The molecular formula is C31H30N2O2. The average molecular weight is 463 g/mol. The highest BCUT2D eigenvalue weighted by Crippen LogP contribution is 2.21. The molecule has 0 amide bonds. The van der Waals surface area contributed by atoms with Crippen molar-refractivity contribution < 1.29 is 9.59 Å². The van der Waals surface area contributed by atoms with Crippen molar-refractivity contribution in [2.24, 2.45) is 11.7 Å². The van der Waals surface area contributed by atoms with Crippen LogP contribution in [-0.4, -0.2) is 22.6 Å². The number of benzene rings is 3. The second-order valence-electron chi connectivity index (χ2n) is 8.97. The monoisotopic (exact) mass is 462 g/mol. The van der Waals surface area contributed by atoms with Crippen molar-refractivity contribution in [2.75, 3.05) is 0 Å². The molecule has 35 heavy (non-hydrogen) atoms. The maximum atomic E-state index is 12.9. The van der Waals surface area contributed by atoms with E-state index in [0.717, 1.165) is 33.5 Å². The second kappa shape index (κ2) is 11.5. The van der Waals surface area contributed by atoms with Crippen molar-refractivity contribution in [3.8, 4) is 22.4 Å². The zero-order valence-corrected chi connectivity index (χ0v) is 19.9. The van der Waals surface area contributed by atoms with Crippen LogP contribution < -0.4 is 5.73 Å². The summed E-state index contributed by atoms with van der Waals surface area (Å²) in [5.74, 6) is -0.505. The third-order valence-electron chi connectivity index (χ3n) is 6.33. The Labute approximate surface area is 206 Å². The molecular weight excluding hydrogens is 432 g/mol.